The largest absolute Gasteiger partial charge is 0.317 e. The third-order valence-electron chi connectivity index (χ3n) is 4.27. The molecule has 1 saturated heterocycles. The number of aromatic amines is 1. The highest BCUT2D eigenvalue weighted by molar-refractivity contribution is 5.97. The van der Waals surface area contributed by atoms with Crippen LogP contribution in [0.2, 0.25) is 0 Å². The van der Waals surface area contributed by atoms with E-state index in [0.717, 1.165) is 48.1 Å². The van der Waals surface area contributed by atoms with Crippen LogP contribution in [0.3, 0.4) is 0 Å². The molecule has 0 atom stereocenters. The molecule has 106 valence electrons. The fraction of sp³-hybridized carbons (Fsp3) is 0.312. The first kappa shape index (κ1) is 12.5. The highest BCUT2D eigenvalue weighted by Crippen LogP contribution is 2.33. The maximum atomic E-state index is 4.45. The molecule has 1 aliphatic heterocycles. The number of rotatable bonds is 2. The summed E-state index contributed by atoms with van der Waals surface area (Å²) < 4.78 is 0. The van der Waals surface area contributed by atoms with Crippen molar-refractivity contribution in [3.8, 4) is 11.1 Å². The first-order valence-corrected chi connectivity index (χ1v) is 7.37. The number of aromatic nitrogens is 4. The van der Waals surface area contributed by atoms with Gasteiger partial charge in [-0.2, -0.15) is 15.3 Å². The van der Waals surface area contributed by atoms with Crippen molar-refractivity contribution < 1.29 is 0 Å². The Morgan fingerprint density at radius 3 is 2.76 bits per heavy atom. The Morgan fingerprint density at radius 2 is 1.95 bits per heavy atom. The second-order valence-electron chi connectivity index (χ2n) is 5.51. The van der Waals surface area contributed by atoms with Gasteiger partial charge in [0.1, 0.15) is 0 Å². The van der Waals surface area contributed by atoms with Crippen molar-refractivity contribution in [3.63, 3.8) is 0 Å². The molecular formula is C16H17N5. The molecule has 0 unspecified atom stereocenters. The molecule has 21 heavy (non-hydrogen) atoms. The van der Waals surface area contributed by atoms with Gasteiger partial charge in [0.15, 0.2) is 0 Å². The molecule has 0 bridgehead atoms. The second-order valence-corrected chi connectivity index (χ2v) is 5.51. The van der Waals surface area contributed by atoms with E-state index in [9.17, 15) is 0 Å². The van der Waals surface area contributed by atoms with E-state index in [-0.39, 0.29) is 0 Å². The summed E-state index contributed by atoms with van der Waals surface area (Å²) in [6.45, 7) is 2.12. The Bertz CT molecular complexity index is 744. The summed E-state index contributed by atoms with van der Waals surface area (Å²) in [4.78, 5) is 0. The Morgan fingerprint density at radius 1 is 1.05 bits per heavy atom. The molecule has 3 aromatic rings. The van der Waals surface area contributed by atoms with Crippen molar-refractivity contribution in [2.45, 2.75) is 18.8 Å². The van der Waals surface area contributed by atoms with Crippen LogP contribution in [0, 0.1) is 0 Å². The lowest BCUT2D eigenvalue weighted by Crippen LogP contribution is -2.27. The van der Waals surface area contributed by atoms with E-state index in [4.69, 9.17) is 0 Å². The van der Waals surface area contributed by atoms with Gasteiger partial charge in [-0.05, 0) is 31.5 Å². The summed E-state index contributed by atoms with van der Waals surface area (Å²) in [6.07, 6.45) is 7.88. The van der Waals surface area contributed by atoms with E-state index in [1.807, 2.05) is 18.6 Å². The normalized spacial score (nSPS) is 16.4. The van der Waals surface area contributed by atoms with Crippen LogP contribution in [0.25, 0.3) is 21.9 Å². The van der Waals surface area contributed by atoms with Gasteiger partial charge < -0.3 is 5.32 Å². The molecule has 2 aromatic heterocycles. The molecule has 0 radical (unpaired) electrons. The smallest absolute Gasteiger partial charge is 0.0741 e. The average molecular weight is 279 g/mol. The van der Waals surface area contributed by atoms with E-state index in [1.54, 1.807) is 0 Å². The predicted molar refractivity (Wildman–Crippen MR) is 82.0 cm³/mol. The van der Waals surface area contributed by atoms with Crippen LogP contribution in [-0.4, -0.2) is 33.5 Å². The molecule has 0 spiro atoms. The van der Waals surface area contributed by atoms with E-state index in [1.165, 1.54) is 5.39 Å². The maximum Gasteiger partial charge on any atom is 0.0741 e. The highest BCUT2D eigenvalue weighted by atomic mass is 15.1. The van der Waals surface area contributed by atoms with E-state index < -0.39 is 0 Å². The van der Waals surface area contributed by atoms with Crippen molar-refractivity contribution >= 4 is 10.8 Å². The summed E-state index contributed by atoms with van der Waals surface area (Å²) in [5.74, 6) is 0.502. The molecule has 0 saturated carbocycles. The van der Waals surface area contributed by atoms with E-state index >= 15 is 0 Å². The molecule has 1 aromatic carbocycles. The molecule has 0 amide bonds. The van der Waals surface area contributed by atoms with Crippen LogP contribution in [0.1, 0.15) is 24.5 Å². The second kappa shape index (κ2) is 5.26. The zero-order valence-corrected chi connectivity index (χ0v) is 11.7. The minimum Gasteiger partial charge on any atom is -0.317 e. The lowest BCUT2D eigenvalue weighted by molar-refractivity contribution is 0.453. The number of fused-ring (bicyclic) bond motifs is 1. The van der Waals surface area contributed by atoms with Gasteiger partial charge in [0, 0.05) is 28.5 Å². The van der Waals surface area contributed by atoms with Gasteiger partial charge >= 0.3 is 0 Å². The fourth-order valence-corrected chi connectivity index (χ4v) is 3.18. The Balaban J connectivity index is 1.88. The number of nitrogens with zero attached hydrogens (tertiary/aromatic N) is 3. The van der Waals surface area contributed by atoms with Crippen LogP contribution >= 0.6 is 0 Å². The number of hydrogen-bond acceptors (Lipinski definition) is 4. The maximum absolute atomic E-state index is 4.45. The summed E-state index contributed by atoms with van der Waals surface area (Å²) in [5, 5.41) is 21.4. The number of benzene rings is 1. The number of piperidine rings is 1. The summed E-state index contributed by atoms with van der Waals surface area (Å²) in [5.41, 5.74) is 3.38. The zero-order valence-electron chi connectivity index (χ0n) is 11.7. The van der Waals surface area contributed by atoms with Crippen molar-refractivity contribution in [1.29, 1.82) is 0 Å². The van der Waals surface area contributed by atoms with Crippen LogP contribution in [0.4, 0.5) is 0 Å². The average Bonchev–Trinajstić information content (AvgIpc) is 3.09. The topological polar surface area (TPSA) is 66.5 Å². The number of nitrogens with one attached hydrogen (secondary N) is 2. The van der Waals surface area contributed by atoms with Crippen molar-refractivity contribution in [2.24, 2.45) is 0 Å². The summed E-state index contributed by atoms with van der Waals surface area (Å²) in [7, 11) is 0. The monoisotopic (exact) mass is 279 g/mol. The molecule has 1 aliphatic rings. The molecular weight excluding hydrogens is 262 g/mol. The fourth-order valence-electron chi connectivity index (χ4n) is 3.18. The molecule has 5 heteroatoms. The van der Waals surface area contributed by atoms with Crippen molar-refractivity contribution in [1.82, 2.24) is 25.7 Å². The minimum atomic E-state index is 0.502. The number of hydrogen-bond donors (Lipinski definition) is 2. The first-order chi connectivity index (χ1) is 10.4. The lowest BCUT2D eigenvalue weighted by Gasteiger charge is -2.22. The van der Waals surface area contributed by atoms with Gasteiger partial charge in [-0.25, -0.2) is 0 Å². The standard InChI is InChI=1S/C16H17N5/c1-2-13(12-8-18-19-9-12)15-10-20-21-16(14(15)3-1)11-4-6-17-7-5-11/h1-3,8-11,17H,4-7H2,(H,18,19). The lowest BCUT2D eigenvalue weighted by atomic mass is 9.90. The van der Waals surface area contributed by atoms with Crippen molar-refractivity contribution in [3.05, 3.63) is 42.5 Å². The summed E-state index contributed by atoms with van der Waals surface area (Å²) in [6, 6.07) is 6.36. The molecule has 3 heterocycles. The van der Waals surface area contributed by atoms with Gasteiger partial charge in [-0.3, -0.25) is 5.10 Å². The van der Waals surface area contributed by atoms with Crippen molar-refractivity contribution in [2.75, 3.05) is 13.1 Å². The van der Waals surface area contributed by atoms with Gasteiger partial charge in [-0.1, -0.05) is 18.2 Å². The molecule has 2 N–H and O–H groups in total. The minimum absolute atomic E-state index is 0.502. The molecule has 4 rings (SSSR count). The quantitative estimate of drug-likeness (QED) is 0.756. The van der Waals surface area contributed by atoms with Crippen LogP contribution in [0.5, 0.6) is 0 Å². The van der Waals surface area contributed by atoms with Crippen LogP contribution < -0.4 is 5.32 Å². The SMILES string of the molecule is c1cc(-c2cn[nH]c2)c2cnnc(C3CCNCC3)c2c1. The molecule has 5 nitrogen and oxygen atoms in total. The third-order valence-corrected chi connectivity index (χ3v) is 4.27. The van der Waals surface area contributed by atoms with Crippen LogP contribution in [-0.2, 0) is 0 Å². The Kier molecular flexibility index (Phi) is 3.12. The Labute approximate surface area is 122 Å². The first-order valence-electron chi connectivity index (χ1n) is 7.37. The summed E-state index contributed by atoms with van der Waals surface area (Å²) >= 11 is 0. The van der Waals surface area contributed by atoms with Gasteiger partial charge in [-0.15, -0.1) is 0 Å². The highest BCUT2D eigenvalue weighted by Gasteiger charge is 2.20. The van der Waals surface area contributed by atoms with Gasteiger partial charge in [0.2, 0.25) is 0 Å². The number of H-pyrrole nitrogens is 1. The molecule has 1 fully saturated rings. The third kappa shape index (κ3) is 2.19. The predicted octanol–water partition coefficient (Wildman–Crippen LogP) is 2.49. The van der Waals surface area contributed by atoms with Gasteiger partial charge in [0.25, 0.3) is 0 Å². The van der Waals surface area contributed by atoms with E-state index in [2.05, 4.69) is 43.9 Å². The van der Waals surface area contributed by atoms with Gasteiger partial charge in [0.05, 0.1) is 18.1 Å². The van der Waals surface area contributed by atoms with E-state index in [0.29, 0.717) is 5.92 Å². The Hall–Kier alpha value is -2.27. The molecule has 0 aliphatic carbocycles. The van der Waals surface area contributed by atoms with Crippen LogP contribution in [0.15, 0.2) is 36.8 Å². The zero-order chi connectivity index (χ0) is 14.1.